The van der Waals surface area contributed by atoms with Crippen molar-refractivity contribution in [1.29, 1.82) is 0 Å². The van der Waals surface area contributed by atoms with Crippen LogP contribution in [0.25, 0.3) is 0 Å². The Balaban J connectivity index is 1.76. The molecule has 6 nitrogen and oxygen atoms in total. The topological polar surface area (TPSA) is 76.1 Å². The van der Waals surface area contributed by atoms with Gasteiger partial charge in [0.1, 0.15) is 29.4 Å². The van der Waals surface area contributed by atoms with Crippen molar-refractivity contribution in [3.8, 4) is 5.75 Å². The first kappa shape index (κ1) is 16.4. The number of nitrogens with zero attached hydrogens (tertiary/aromatic N) is 2. The van der Waals surface area contributed by atoms with Crippen molar-refractivity contribution in [2.75, 3.05) is 17.7 Å². The molecule has 0 aliphatic carbocycles. The number of carbonyl (C=O) groups is 1. The van der Waals surface area contributed by atoms with E-state index < -0.39 is 11.7 Å². The Hall–Kier alpha value is -3.48. The van der Waals surface area contributed by atoms with Gasteiger partial charge in [0.15, 0.2) is 0 Å². The lowest BCUT2D eigenvalue weighted by atomic mass is 10.2. The Bertz CT molecular complexity index is 902. The van der Waals surface area contributed by atoms with Crippen molar-refractivity contribution < 1.29 is 13.9 Å². The number of benzene rings is 2. The van der Waals surface area contributed by atoms with E-state index in [-0.39, 0.29) is 11.4 Å². The summed E-state index contributed by atoms with van der Waals surface area (Å²) < 4.78 is 18.8. The lowest BCUT2D eigenvalue weighted by molar-refractivity contribution is 0.102. The van der Waals surface area contributed by atoms with Crippen molar-refractivity contribution in [3.63, 3.8) is 0 Å². The molecule has 3 rings (SSSR count). The fraction of sp³-hybridized carbons (Fsp3) is 0.0556. The second-order valence-electron chi connectivity index (χ2n) is 5.08. The van der Waals surface area contributed by atoms with E-state index in [1.807, 2.05) is 0 Å². The van der Waals surface area contributed by atoms with Gasteiger partial charge in [-0.1, -0.05) is 18.2 Å². The van der Waals surface area contributed by atoms with Crippen molar-refractivity contribution in [2.45, 2.75) is 0 Å². The van der Waals surface area contributed by atoms with Gasteiger partial charge in [-0.15, -0.1) is 0 Å². The number of halogens is 1. The van der Waals surface area contributed by atoms with Crippen LogP contribution < -0.4 is 15.4 Å². The Morgan fingerprint density at radius 3 is 2.72 bits per heavy atom. The first-order valence-electron chi connectivity index (χ1n) is 7.45. The van der Waals surface area contributed by atoms with Gasteiger partial charge < -0.3 is 15.4 Å². The lowest BCUT2D eigenvalue weighted by Crippen LogP contribution is -2.14. The smallest absolute Gasteiger partial charge is 0.274 e. The summed E-state index contributed by atoms with van der Waals surface area (Å²) in [6.45, 7) is 0. The van der Waals surface area contributed by atoms with Crippen LogP contribution in [0.15, 0.2) is 60.9 Å². The average Bonchev–Trinajstić information content (AvgIpc) is 2.64. The second kappa shape index (κ2) is 7.39. The maximum atomic E-state index is 13.7. The molecule has 0 radical (unpaired) electrons. The van der Waals surface area contributed by atoms with E-state index in [0.29, 0.717) is 17.3 Å². The van der Waals surface area contributed by atoms with Crippen molar-refractivity contribution in [2.24, 2.45) is 0 Å². The molecule has 2 N–H and O–H groups in total. The third-order valence-electron chi connectivity index (χ3n) is 3.36. The third-order valence-corrected chi connectivity index (χ3v) is 3.36. The first-order chi connectivity index (χ1) is 12.2. The molecule has 126 valence electrons. The highest BCUT2D eigenvalue weighted by Gasteiger charge is 2.10. The minimum Gasteiger partial charge on any atom is -0.497 e. The third kappa shape index (κ3) is 4.08. The standard InChI is InChI=1S/C18H15FN4O2/c1-25-13-6-4-5-12(9-13)22-18(24)16-10-17(21-11-20-16)23-15-8-3-2-7-14(15)19/h2-11H,1H3,(H,22,24)(H,20,21,23). The SMILES string of the molecule is COc1cccc(NC(=O)c2cc(Nc3ccccc3F)ncn2)c1. The van der Waals surface area contributed by atoms with Crippen LogP contribution in [0.1, 0.15) is 10.5 Å². The minimum atomic E-state index is -0.413. The minimum absolute atomic E-state index is 0.150. The van der Waals surface area contributed by atoms with Gasteiger partial charge in [-0.2, -0.15) is 0 Å². The van der Waals surface area contributed by atoms with E-state index in [1.54, 1.807) is 49.6 Å². The number of amides is 1. The molecule has 0 unspecified atom stereocenters. The van der Waals surface area contributed by atoms with Crippen molar-refractivity contribution >= 4 is 23.1 Å². The summed E-state index contributed by atoms with van der Waals surface area (Å²) in [6, 6.07) is 14.6. The fourth-order valence-electron chi connectivity index (χ4n) is 2.15. The van der Waals surface area contributed by atoms with Gasteiger partial charge in [0.05, 0.1) is 12.8 Å². The molecule has 0 saturated carbocycles. The van der Waals surface area contributed by atoms with E-state index in [9.17, 15) is 9.18 Å². The Morgan fingerprint density at radius 1 is 1.08 bits per heavy atom. The largest absolute Gasteiger partial charge is 0.497 e. The number of ether oxygens (including phenoxy) is 1. The maximum absolute atomic E-state index is 13.7. The molecule has 1 heterocycles. The van der Waals surface area contributed by atoms with Crippen LogP contribution in [-0.2, 0) is 0 Å². The highest BCUT2D eigenvalue weighted by molar-refractivity contribution is 6.03. The van der Waals surface area contributed by atoms with Gasteiger partial charge in [-0.05, 0) is 24.3 Å². The number of nitrogens with one attached hydrogen (secondary N) is 2. The van der Waals surface area contributed by atoms with Gasteiger partial charge in [0.25, 0.3) is 5.91 Å². The highest BCUT2D eigenvalue weighted by Crippen LogP contribution is 2.19. The van der Waals surface area contributed by atoms with Crippen LogP contribution in [0.5, 0.6) is 5.75 Å². The van der Waals surface area contributed by atoms with Crippen molar-refractivity contribution in [1.82, 2.24) is 9.97 Å². The molecule has 1 amide bonds. The molecule has 7 heteroatoms. The fourth-order valence-corrected chi connectivity index (χ4v) is 2.15. The Kier molecular flexibility index (Phi) is 4.84. The summed E-state index contributed by atoms with van der Waals surface area (Å²) in [7, 11) is 1.55. The van der Waals surface area contributed by atoms with Crippen LogP contribution in [-0.4, -0.2) is 23.0 Å². The number of anilines is 3. The summed E-state index contributed by atoms with van der Waals surface area (Å²) in [5, 5.41) is 5.55. The zero-order valence-electron chi connectivity index (χ0n) is 13.4. The summed E-state index contributed by atoms with van der Waals surface area (Å²) in [5.74, 6) is 0.119. The van der Waals surface area contributed by atoms with E-state index >= 15 is 0 Å². The Labute approximate surface area is 143 Å². The normalized spacial score (nSPS) is 10.2. The molecule has 0 aliphatic heterocycles. The van der Waals surface area contributed by atoms with Gasteiger partial charge >= 0.3 is 0 Å². The van der Waals surface area contributed by atoms with Crippen LogP contribution in [0.3, 0.4) is 0 Å². The lowest BCUT2D eigenvalue weighted by Gasteiger charge is -2.09. The quantitative estimate of drug-likeness (QED) is 0.743. The molecule has 0 bridgehead atoms. The predicted molar refractivity (Wildman–Crippen MR) is 92.7 cm³/mol. The van der Waals surface area contributed by atoms with E-state index in [4.69, 9.17) is 4.74 Å². The summed E-state index contributed by atoms with van der Waals surface area (Å²) in [5.41, 5.74) is 0.989. The van der Waals surface area contributed by atoms with Crippen LogP contribution >= 0.6 is 0 Å². The van der Waals surface area contributed by atoms with Crippen LogP contribution in [0.2, 0.25) is 0 Å². The van der Waals surface area contributed by atoms with E-state index in [1.165, 1.54) is 18.5 Å². The number of hydrogen-bond donors (Lipinski definition) is 2. The van der Waals surface area contributed by atoms with Gasteiger partial charge in [0, 0.05) is 17.8 Å². The molecule has 0 saturated heterocycles. The monoisotopic (exact) mass is 338 g/mol. The van der Waals surface area contributed by atoms with Crippen LogP contribution in [0, 0.1) is 5.82 Å². The molecule has 0 aliphatic rings. The first-order valence-corrected chi connectivity index (χ1v) is 7.45. The van der Waals surface area contributed by atoms with Gasteiger partial charge in [-0.3, -0.25) is 4.79 Å². The van der Waals surface area contributed by atoms with Gasteiger partial charge in [0.2, 0.25) is 0 Å². The highest BCUT2D eigenvalue weighted by atomic mass is 19.1. The number of hydrogen-bond acceptors (Lipinski definition) is 5. The molecule has 1 aromatic heterocycles. The molecule has 0 spiro atoms. The number of para-hydroxylation sites is 1. The molecule has 3 aromatic rings. The zero-order valence-corrected chi connectivity index (χ0v) is 13.4. The molecular weight excluding hydrogens is 323 g/mol. The maximum Gasteiger partial charge on any atom is 0.274 e. The predicted octanol–water partition coefficient (Wildman–Crippen LogP) is 3.62. The number of aromatic nitrogens is 2. The molecule has 0 atom stereocenters. The molecule has 25 heavy (non-hydrogen) atoms. The number of carbonyl (C=O) groups excluding carboxylic acids is 1. The van der Waals surface area contributed by atoms with E-state index in [2.05, 4.69) is 20.6 Å². The number of methoxy groups -OCH3 is 1. The van der Waals surface area contributed by atoms with E-state index in [0.717, 1.165) is 0 Å². The summed E-state index contributed by atoms with van der Waals surface area (Å²) >= 11 is 0. The molecule has 0 fully saturated rings. The second-order valence-corrected chi connectivity index (χ2v) is 5.08. The summed E-state index contributed by atoms with van der Waals surface area (Å²) in [4.78, 5) is 20.3. The van der Waals surface area contributed by atoms with Gasteiger partial charge in [-0.25, -0.2) is 14.4 Å². The number of rotatable bonds is 5. The summed E-state index contributed by atoms with van der Waals surface area (Å²) in [6.07, 6.45) is 1.24. The molecular formula is C18H15FN4O2. The zero-order chi connectivity index (χ0) is 17.6. The average molecular weight is 338 g/mol. The van der Waals surface area contributed by atoms with Crippen molar-refractivity contribution in [3.05, 3.63) is 72.4 Å². The Morgan fingerprint density at radius 2 is 1.92 bits per heavy atom. The van der Waals surface area contributed by atoms with Crippen LogP contribution in [0.4, 0.5) is 21.6 Å². The molecule has 2 aromatic carbocycles.